The van der Waals surface area contributed by atoms with Gasteiger partial charge >= 0.3 is 0 Å². The minimum absolute atomic E-state index is 0.0251. The molecular formula is C13H10F2N4S. The van der Waals surface area contributed by atoms with Crippen LogP contribution >= 0.6 is 11.3 Å². The standard InChI is InChI=1S/C13H10F2N4S/c1-6-5-7-11(19-16)17-12(18-13(7)20-6)10-8(14)3-2-4-9(10)15/h2-5H,16H2,1H3,(H,17,18,19). The fraction of sp³-hybridized carbons (Fsp3) is 0.0769. The van der Waals surface area contributed by atoms with E-state index in [1.54, 1.807) is 0 Å². The Balaban J connectivity index is 2.32. The lowest BCUT2D eigenvalue weighted by molar-refractivity contribution is 0.587. The van der Waals surface area contributed by atoms with E-state index in [4.69, 9.17) is 5.84 Å². The second-order valence-corrected chi connectivity index (χ2v) is 5.45. The molecule has 20 heavy (non-hydrogen) atoms. The molecule has 0 amide bonds. The summed E-state index contributed by atoms with van der Waals surface area (Å²) < 4.78 is 27.6. The van der Waals surface area contributed by atoms with Crippen molar-refractivity contribution in [3.05, 3.63) is 40.8 Å². The van der Waals surface area contributed by atoms with Gasteiger partial charge in [0.25, 0.3) is 0 Å². The zero-order valence-electron chi connectivity index (χ0n) is 10.4. The topological polar surface area (TPSA) is 63.8 Å². The first-order valence-electron chi connectivity index (χ1n) is 5.79. The molecular weight excluding hydrogens is 282 g/mol. The van der Waals surface area contributed by atoms with Crippen LogP contribution in [0.15, 0.2) is 24.3 Å². The van der Waals surface area contributed by atoms with Crippen molar-refractivity contribution in [2.24, 2.45) is 5.84 Å². The van der Waals surface area contributed by atoms with E-state index in [2.05, 4.69) is 15.4 Å². The van der Waals surface area contributed by atoms with E-state index in [-0.39, 0.29) is 11.4 Å². The monoisotopic (exact) mass is 292 g/mol. The van der Waals surface area contributed by atoms with Crippen molar-refractivity contribution in [1.82, 2.24) is 9.97 Å². The largest absolute Gasteiger partial charge is 0.308 e. The van der Waals surface area contributed by atoms with Crippen molar-refractivity contribution >= 4 is 27.4 Å². The third-order valence-corrected chi connectivity index (χ3v) is 3.78. The molecule has 4 nitrogen and oxygen atoms in total. The van der Waals surface area contributed by atoms with Gasteiger partial charge in [0.1, 0.15) is 16.5 Å². The van der Waals surface area contributed by atoms with E-state index in [0.29, 0.717) is 10.6 Å². The fourth-order valence-corrected chi connectivity index (χ4v) is 2.85. The number of halogens is 2. The van der Waals surface area contributed by atoms with Gasteiger partial charge in [-0.25, -0.2) is 24.6 Å². The molecule has 0 fully saturated rings. The van der Waals surface area contributed by atoms with Crippen molar-refractivity contribution in [3.8, 4) is 11.4 Å². The molecule has 0 unspecified atom stereocenters. The molecule has 2 aromatic heterocycles. The van der Waals surface area contributed by atoms with E-state index in [9.17, 15) is 8.78 Å². The molecule has 0 aliphatic rings. The summed E-state index contributed by atoms with van der Waals surface area (Å²) in [7, 11) is 0. The summed E-state index contributed by atoms with van der Waals surface area (Å²) >= 11 is 1.41. The van der Waals surface area contributed by atoms with Crippen LogP contribution in [0.25, 0.3) is 21.6 Å². The second kappa shape index (κ2) is 4.77. The number of benzene rings is 1. The quantitative estimate of drug-likeness (QED) is 0.562. The third-order valence-electron chi connectivity index (χ3n) is 2.84. The van der Waals surface area contributed by atoms with Crippen LogP contribution in [0.2, 0.25) is 0 Å². The number of aromatic nitrogens is 2. The highest BCUT2D eigenvalue weighted by Gasteiger charge is 2.17. The summed E-state index contributed by atoms with van der Waals surface area (Å²) in [5.41, 5.74) is 2.19. The highest BCUT2D eigenvalue weighted by Crippen LogP contribution is 2.32. The van der Waals surface area contributed by atoms with Gasteiger partial charge in [0, 0.05) is 4.88 Å². The van der Waals surface area contributed by atoms with Crippen LogP contribution in [0.3, 0.4) is 0 Å². The number of anilines is 1. The summed E-state index contributed by atoms with van der Waals surface area (Å²) in [6, 6.07) is 5.50. The number of nitrogens with one attached hydrogen (secondary N) is 1. The van der Waals surface area contributed by atoms with Crippen LogP contribution in [0, 0.1) is 18.6 Å². The van der Waals surface area contributed by atoms with Crippen molar-refractivity contribution in [2.45, 2.75) is 6.92 Å². The third kappa shape index (κ3) is 2.00. The molecule has 0 saturated carbocycles. The molecule has 0 bridgehead atoms. The average Bonchev–Trinajstić information content (AvgIpc) is 2.77. The zero-order chi connectivity index (χ0) is 14.3. The summed E-state index contributed by atoms with van der Waals surface area (Å²) in [6.07, 6.45) is 0. The number of nitrogens with two attached hydrogens (primary N) is 1. The Morgan fingerprint density at radius 3 is 2.55 bits per heavy atom. The molecule has 1 aromatic carbocycles. The normalized spacial score (nSPS) is 11.0. The fourth-order valence-electron chi connectivity index (χ4n) is 1.98. The average molecular weight is 292 g/mol. The minimum atomic E-state index is -0.708. The Morgan fingerprint density at radius 2 is 1.90 bits per heavy atom. The van der Waals surface area contributed by atoms with E-state index in [0.717, 1.165) is 10.3 Å². The highest BCUT2D eigenvalue weighted by atomic mass is 32.1. The summed E-state index contributed by atoms with van der Waals surface area (Å²) in [6.45, 7) is 1.91. The molecule has 7 heteroatoms. The molecule has 0 aliphatic carbocycles. The van der Waals surface area contributed by atoms with Gasteiger partial charge in [0.15, 0.2) is 11.6 Å². The number of rotatable bonds is 2. The van der Waals surface area contributed by atoms with Crippen LogP contribution in [-0.4, -0.2) is 9.97 Å². The van der Waals surface area contributed by atoms with Gasteiger partial charge in [0.2, 0.25) is 0 Å². The number of nitrogen functional groups attached to an aromatic ring is 1. The van der Waals surface area contributed by atoms with Gasteiger partial charge in [-0.15, -0.1) is 11.3 Å². The first-order chi connectivity index (χ1) is 9.60. The molecule has 0 atom stereocenters. The number of thiophene rings is 1. The lowest BCUT2D eigenvalue weighted by Crippen LogP contribution is -2.10. The van der Waals surface area contributed by atoms with E-state index in [1.165, 1.54) is 29.5 Å². The van der Waals surface area contributed by atoms with Crippen molar-refractivity contribution in [3.63, 3.8) is 0 Å². The molecule has 0 spiro atoms. The predicted molar refractivity (Wildman–Crippen MR) is 75.3 cm³/mol. The Morgan fingerprint density at radius 1 is 1.20 bits per heavy atom. The molecule has 3 rings (SSSR count). The van der Waals surface area contributed by atoms with Gasteiger partial charge in [-0.3, -0.25) is 0 Å². The Kier molecular flexibility index (Phi) is 3.07. The van der Waals surface area contributed by atoms with Crippen molar-refractivity contribution in [1.29, 1.82) is 0 Å². The first kappa shape index (κ1) is 12.9. The van der Waals surface area contributed by atoms with Gasteiger partial charge < -0.3 is 5.43 Å². The van der Waals surface area contributed by atoms with Crippen molar-refractivity contribution < 1.29 is 8.78 Å². The molecule has 0 saturated heterocycles. The van der Waals surface area contributed by atoms with Gasteiger partial charge in [0.05, 0.1) is 10.9 Å². The second-order valence-electron chi connectivity index (χ2n) is 4.21. The summed E-state index contributed by atoms with van der Waals surface area (Å²) in [5.74, 6) is 4.33. The number of hydrogen-bond donors (Lipinski definition) is 2. The van der Waals surface area contributed by atoms with E-state index < -0.39 is 11.6 Å². The summed E-state index contributed by atoms with van der Waals surface area (Å²) in [4.78, 5) is 9.97. The summed E-state index contributed by atoms with van der Waals surface area (Å²) in [5, 5.41) is 0.732. The Hall–Kier alpha value is -2.12. The molecule has 3 aromatic rings. The number of aryl methyl sites for hydroxylation is 1. The smallest absolute Gasteiger partial charge is 0.169 e. The molecule has 2 heterocycles. The maximum Gasteiger partial charge on any atom is 0.169 e. The maximum absolute atomic E-state index is 13.8. The molecule has 0 aliphatic heterocycles. The zero-order valence-corrected chi connectivity index (χ0v) is 11.3. The number of nitrogens with zero attached hydrogens (tertiary/aromatic N) is 2. The Bertz CT molecular complexity index is 780. The van der Waals surface area contributed by atoms with Crippen LogP contribution < -0.4 is 11.3 Å². The van der Waals surface area contributed by atoms with Gasteiger partial charge in [-0.1, -0.05) is 6.07 Å². The number of hydrazine groups is 1. The van der Waals surface area contributed by atoms with Gasteiger partial charge in [-0.05, 0) is 25.1 Å². The Labute approximate surface area is 117 Å². The minimum Gasteiger partial charge on any atom is -0.308 e. The number of fused-ring (bicyclic) bond motifs is 1. The highest BCUT2D eigenvalue weighted by molar-refractivity contribution is 7.18. The van der Waals surface area contributed by atoms with Gasteiger partial charge in [-0.2, -0.15) is 0 Å². The van der Waals surface area contributed by atoms with Crippen LogP contribution in [0.5, 0.6) is 0 Å². The van der Waals surface area contributed by atoms with E-state index >= 15 is 0 Å². The number of hydrogen-bond acceptors (Lipinski definition) is 5. The lowest BCUT2D eigenvalue weighted by atomic mass is 10.2. The maximum atomic E-state index is 13.8. The SMILES string of the molecule is Cc1cc2c(NN)nc(-c3c(F)cccc3F)nc2s1. The van der Waals surface area contributed by atoms with Crippen LogP contribution in [0.4, 0.5) is 14.6 Å². The molecule has 3 N–H and O–H groups in total. The first-order valence-corrected chi connectivity index (χ1v) is 6.61. The molecule has 0 radical (unpaired) electrons. The lowest BCUT2D eigenvalue weighted by Gasteiger charge is -2.06. The predicted octanol–water partition coefficient (Wildman–Crippen LogP) is 3.23. The van der Waals surface area contributed by atoms with Crippen LogP contribution in [0.1, 0.15) is 4.88 Å². The van der Waals surface area contributed by atoms with Crippen LogP contribution in [-0.2, 0) is 0 Å². The molecule has 102 valence electrons. The van der Waals surface area contributed by atoms with Crippen molar-refractivity contribution in [2.75, 3.05) is 5.43 Å². The van der Waals surface area contributed by atoms with E-state index in [1.807, 2.05) is 13.0 Å².